The zero-order valence-electron chi connectivity index (χ0n) is 10.5. The van der Waals surface area contributed by atoms with Crippen molar-refractivity contribution < 1.29 is 0 Å². The van der Waals surface area contributed by atoms with Crippen molar-refractivity contribution in [3.8, 4) is 11.5 Å². The number of nitrogens with zero attached hydrogens (tertiary/aromatic N) is 3. The first-order valence-electron chi connectivity index (χ1n) is 6.23. The van der Waals surface area contributed by atoms with Crippen LogP contribution < -0.4 is 5.73 Å². The number of pyridine rings is 1. The van der Waals surface area contributed by atoms with Crippen LogP contribution in [0.1, 0.15) is 5.56 Å². The lowest BCUT2D eigenvalue weighted by Gasteiger charge is -2.04. The van der Waals surface area contributed by atoms with Crippen molar-refractivity contribution >= 4 is 10.8 Å². The molecule has 0 radical (unpaired) electrons. The Morgan fingerprint density at radius 2 is 1.74 bits per heavy atom. The highest BCUT2D eigenvalue weighted by molar-refractivity contribution is 5.92. The van der Waals surface area contributed by atoms with E-state index in [1.54, 1.807) is 6.20 Å². The molecule has 0 fully saturated rings. The number of fused-ring (bicyclic) bond motifs is 1. The predicted octanol–water partition coefficient (Wildman–Crippen LogP) is 2.19. The Hall–Kier alpha value is -2.33. The van der Waals surface area contributed by atoms with Crippen LogP contribution in [0.25, 0.3) is 22.3 Å². The van der Waals surface area contributed by atoms with Crippen LogP contribution in [0.2, 0.25) is 0 Å². The van der Waals surface area contributed by atoms with Gasteiger partial charge in [0.2, 0.25) is 0 Å². The van der Waals surface area contributed by atoms with E-state index < -0.39 is 0 Å². The zero-order valence-corrected chi connectivity index (χ0v) is 10.5. The summed E-state index contributed by atoms with van der Waals surface area (Å²) in [4.78, 5) is 13.2. The van der Waals surface area contributed by atoms with Crippen LogP contribution in [-0.4, -0.2) is 21.5 Å². The van der Waals surface area contributed by atoms with Crippen LogP contribution in [0.3, 0.4) is 0 Å². The molecule has 0 aliphatic heterocycles. The minimum absolute atomic E-state index is 0.606. The van der Waals surface area contributed by atoms with Gasteiger partial charge >= 0.3 is 0 Å². The largest absolute Gasteiger partial charge is 0.330 e. The number of nitrogens with two attached hydrogens (primary N) is 1. The average Bonchev–Trinajstić information content (AvgIpc) is 2.48. The van der Waals surface area contributed by atoms with Crippen molar-refractivity contribution in [1.82, 2.24) is 15.0 Å². The number of hydrogen-bond donors (Lipinski definition) is 1. The van der Waals surface area contributed by atoms with Crippen LogP contribution in [0.4, 0.5) is 0 Å². The highest BCUT2D eigenvalue weighted by atomic mass is 14.9. The van der Waals surface area contributed by atoms with Crippen molar-refractivity contribution in [3.05, 3.63) is 54.5 Å². The van der Waals surface area contributed by atoms with Crippen molar-refractivity contribution in [2.75, 3.05) is 6.54 Å². The van der Waals surface area contributed by atoms with Gasteiger partial charge in [-0.1, -0.05) is 24.3 Å². The lowest BCUT2D eigenvalue weighted by atomic mass is 10.1. The van der Waals surface area contributed by atoms with Crippen LogP contribution in [-0.2, 0) is 6.42 Å². The summed E-state index contributed by atoms with van der Waals surface area (Å²) in [6.45, 7) is 0.606. The van der Waals surface area contributed by atoms with Crippen molar-refractivity contribution in [3.63, 3.8) is 0 Å². The van der Waals surface area contributed by atoms with Gasteiger partial charge in [-0.2, -0.15) is 0 Å². The number of hydrogen-bond acceptors (Lipinski definition) is 4. The Balaban J connectivity index is 2.08. The Labute approximate surface area is 111 Å². The minimum atomic E-state index is 0.606. The molecule has 2 heterocycles. The van der Waals surface area contributed by atoms with Gasteiger partial charge in [0, 0.05) is 24.0 Å². The maximum absolute atomic E-state index is 5.52. The second kappa shape index (κ2) is 5.12. The Morgan fingerprint density at radius 1 is 0.947 bits per heavy atom. The second-order valence-electron chi connectivity index (χ2n) is 4.33. The minimum Gasteiger partial charge on any atom is -0.330 e. The van der Waals surface area contributed by atoms with Gasteiger partial charge in [-0.15, -0.1) is 0 Å². The molecule has 0 aliphatic rings. The van der Waals surface area contributed by atoms with E-state index in [0.717, 1.165) is 28.5 Å². The molecule has 0 unspecified atom stereocenters. The summed E-state index contributed by atoms with van der Waals surface area (Å²) in [6, 6.07) is 10.1. The molecule has 19 heavy (non-hydrogen) atoms. The van der Waals surface area contributed by atoms with E-state index in [-0.39, 0.29) is 0 Å². The fourth-order valence-corrected chi connectivity index (χ4v) is 2.07. The van der Waals surface area contributed by atoms with Gasteiger partial charge in [-0.25, -0.2) is 9.97 Å². The normalized spacial score (nSPS) is 10.8. The summed E-state index contributed by atoms with van der Waals surface area (Å²) in [5, 5.41) is 2.21. The Kier molecular flexibility index (Phi) is 3.16. The molecule has 0 saturated heterocycles. The molecule has 94 valence electrons. The van der Waals surface area contributed by atoms with Gasteiger partial charge in [-0.05, 0) is 30.0 Å². The summed E-state index contributed by atoms with van der Waals surface area (Å²) >= 11 is 0. The molecular weight excluding hydrogens is 236 g/mol. The summed E-state index contributed by atoms with van der Waals surface area (Å²) in [5.41, 5.74) is 7.38. The van der Waals surface area contributed by atoms with Crippen LogP contribution >= 0.6 is 0 Å². The van der Waals surface area contributed by atoms with Crippen molar-refractivity contribution in [2.45, 2.75) is 6.42 Å². The van der Waals surface area contributed by atoms with E-state index in [1.807, 2.05) is 36.7 Å². The van der Waals surface area contributed by atoms with E-state index >= 15 is 0 Å². The summed E-state index contributed by atoms with van der Waals surface area (Å²) in [5.74, 6) is 0.651. The van der Waals surface area contributed by atoms with Gasteiger partial charge in [0.25, 0.3) is 0 Å². The maximum Gasteiger partial charge on any atom is 0.178 e. The number of aromatic nitrogens is 3. The molecule has 0 aliphatic carbocycles. The van der Waals surface area contributed by atoms with Gasteiger partial charge in [0.15, 0.2) is 5.82 Å². The summed E-state index contributed by atoms with van der Waals surface area (Å²) in [6.07, 6.45) is 6.22. The first-order chi connectivity index (χ1) is 9.38. The van der Waals surface area contributed by atoms with Gasteiger partial charge in [0.05, 0.1) is 0 Å². The van der Waals surface area contributed by atoms with E-state index in [9.17, 15) is 0 Å². The SMILES string of the molecule is NCCc1cnc(-c2nccc3ccccc23)nc1. The monoisotopic (exact) mass is 250 g/mol. The van der Waals surface area contributed by atoms with Crippen molar-refractivity contribution in [1.29, 1.82) is 0 Å². The third kappa shape index (κ3) is 2.30. The van der Waals surface area contributed by atoms with Crippen LogP contribution in [0, 0.1) is 0 Å². The Morgan fingerprint density at radius 3 is 2.53 bits per heavy atom. The van der Waals surface area contributed by atoms with Gasteiger partial charge < -0.3 is 5.73 Å². The summed E-state index contributed by atoms with van der Waals surface area (Å²) in [7, 11) is 0. The van der Waals surface area contributed by atoms with E-state index in [2.05, 4.69) is 21.0 Å². The molecule has 0 amide bonds. The lowest BCUT2D eigenvalue weighted by Crippen LogP contribution is -2.04. The summed E-state index contributed by atoms with van der Waals surface area (Å²) < 4.78 is 0. The molecule has 4 heteroatoms. The number of benzene rings is 1. The van der Waals surface area contributed by atoms with Gasteiger partial charge in [-0.3, -0.25) is 4.98 Å². The fourth-order valence-electron chi connectivity index (χ4n) is 2.07. The molecule has 3 aromatic rings. The smallest absolute Gasteiger partial charge is 0.178 e. The molecule has 0 saturated carbocycles. The molecule has 1 aromatic carbocycles. The molecule has 3 rings (SSSR count). The van der Waals surface area contributed by atoms with Gasteiger partial charge in [0.1, 0.15) is 5.69 Å². The highest BCUT2D eigenvalue weighted by Crippen LogP contribution is 2.23. The topological polar surface area (TPSA) is 64.7 Å². The van der Waals surface area contributed by atoms with Crippen LogP contribution in [0.15, 0.2) is 48.9 Å². The molecule has 0 spiro atoms. The first-order valence-corrected chi connectivity index (χ1v) is 6.23. The average molecular weight is 250 g/mol. The molecule has 2 aromatic heterocycles. The molecule has 0 bridgehead atoms. The third-order valence-corrected chi connectivity index (χ3v) is 3.02. The molecular formula is C15H14N4. The first kappa shape index (κ1) is 11.7. The quantitative estimate of drug-likeness (QED) is 0.774. The number of rotatable bonds is 3. The Bertz CT molecular complexity index is 687. The van der Waals surface area contributed by atoms with Crippen LogP contribution in [0.5, 0.6) is 0 Å². The predicted molar refractivity (Wildman–Crippen MR) is 75.5 cm³/mol. The second-order valence-corrected chi connectivity index (χ2v) is 4.33. The van der Waals surface area contributed by atoms with E-state index in [0.29, 0.717) is 12.4 Å². The molecule has 2 N–H and O–H groups in total. The molecule has 4 nitrogen and oxygen atoms in total. The zero-order chi connectivity index (χ0) is 13.1. The third-order valence-electron chi connectivity index (χ3n) is 3.02. The van der Waals surface area contributed by atoms with E-state index in [1.165, 1.54) is 0 Å². The maximum atomic E-state index is 5.52. The lowest BCUT2D eigenvalue weighted by molar-refractivity contribution is 0.942. The van der Waals surface area contributed by atoms with Crippen molar-refractivity contribution in [2.24, 2.45) is 5.73 Å². The highest BCUT2D eigenvalue weighted by Gasteiger charge is 2.07. The standard InChI is InChI=1S/C15H14N4/c16-7-5-11-9-18-15(19-10-11)14-13-4-2-1-3-12(13)6-8-17-14/h1-4,6,8-10H,5,7,16H2. The fraction of sp³-hybridized carbons (Fsp3) is 0.133. The van der Waals surface area contributed by atoms with E-state index in [4.69, 9.17) is 5.73 Å². The molecule has 0 atom stereocenters.